The number of aromatic nitrogens is 1. The van der Waals surface area contributed by atoms with E-state index in [9.17, 15) is 9.59 Å². The number of nitrogens with one attached hydrogen (secondary N) is 2. The maximum Gasteiger partial charge on any atom is 0.239 e. The minimum Gasteiger partial charge on any atom is -0.375 e. The van der Waals surface area contributed by atoms with E-state index in [1.54, 1.807) is 6.20 Å². The highest BCUT2D eigenvalue weighted by Gasteiger charge is 2.18. The average Bonchev–Trinajstić information content (AvgIpc) is 2.84. The van der Waals surface area contributed by atoms with Gasteiger partial charge in [0.1, 0.15) is 6.04 Å². The van der Waals surface area contributed by atoms with Crippen LogP contribution < -0.4 is 16.4 Å². The summed E-state index contributed by atoms with van der Waals surface area (Å²) in [6.45, 7) is 0.264. The minimum absolute atomic E-state index is 0.0642. The van der Waals surface area contributed by atoms with Gasteiger partial charge in [0.05, 0.1) is 25.8 Å². The number of benzene rings is 2. The Morgan fingerprint density at radius 2 is 1.62 bits per heavy atom. The van der Waals surface area contributed by atoms with Gasteiger partial charge in [0.15, 0.2) is 0 Å². The van der Waals surface area contributed by atoms with Crippen molar-refractivity contribution in [2.75, 3.05) is 13.2 Å². The lowest BCUT2D eigenvalue weighted by Gasteiger charge is -2.20. The van der Waals surface area contributed by atoms with Gasteiger partial charge < -0.3 is 21.1 Å². The van der Waals surface area contributed by atoms with Gasteiger partial charge in [-0.1, -0.05) is 66.7 Å². The summed E-state index contributed by atoms with van der Waals surface area (Å²) >= 11 is 0. The van der Waals surface area contributed by atoms with Crippen LogP contribution in [-0.4, -0.2) is 36.0 Å². The fourth-order valence-electron chi connectivity index (χ4n) is 3.16. The first-order valence-corrected chi connectivity index (χ1v) is 10.5. The monoisotopic (exact) mass is 432 g/mol. The maximum absolute atomic E-state index is 12.5. The topological polar surface area (TPSA) is 106 Å². The number of pyridine rings is 1. The first kappa shape index (κ1) is 23.1. The Morgan fingerprint density at radius 3 is 2.31 bits per heavy atom. The molecule has 1 unspecified atom stereocenters. The lowest BCUT2D eigenvalue weighted by molar-refractivity contribution is -0.128. The molecule has 0 saturated heterocycles. The summed E-state index contributed by atoms with van der Waals surface area (Å²) in [5, 5.41) is 5.55. The number of hydrogen-bond donors (Lipinski definition) is 3. The predicted octanol–water partition coefficient (Wildman–Crippen LogP) is 2.14. The molecule has 4 N–H and O–H groups in total. The van der Waals surface area contributed by atoms with Crippen molar-refractivity contribution in [3.63, 3.8) is 0 Å². The molecule has 2 aromatic carbocycles. The van der Waals surface area contributed by atoms with Crippen molar-refractivity contribution in [2.24, 2.45) is 5.73 Å². The molecular weight excluding hydrogens is 404 g/mol. The van der Waals surface area contributed by atoms with E-state index < -0.39 is 11.9 Å². The standard InChI is InChI=1S/C25H28N4O3/c26-22(18-32-17-19-9-3-1-4-10-19)25(31)28-16-24(30)29-23(20-11-5-2-6-12-20)15-21-13-7-8-14-27-21/h1-14,22-23H,15-18,26H2,(H,28,31)(H,29,30)/t22-,23?/m1/s1. The second-order valence-electron chi connectivity index (χ2n) is 7.38. The largest absolute Gasteiger partial charge is 0.375 e. The average molecular weight is 433 g/mol. The summed E-state index contributed by atoms with van der Waals surface area (Å²) in [4.78, 5) is 29.1. The van der Waals surface area contributed by atoms with Crippen LogP contribution in [-0.2, 0) is 27.4 Å². The molecule has 0 radical (unpaired) electrons. The third-order valence-electron chi connectivity index (χ3n) is 4.85. The summed E-state index contributed by atoms with van der Waals surface area (Å²) in [6, 6.07) is 23.8. The Balaban J connectivity index is 1.47. The number of nitrogens with zero attached hydrogens (tertiary/aromatic N) is 1. The molecule has 0 aliphatic heterocycles. The molecule has 0 spiro atoms. The number of ether oxygens (including phenoxy) is 1. The maximum atomic E-state index is 12.5. The smallest absolute Gasteiger partial charge is 0.239 e. The molecule has 2 amide bonds. The molecule has 0 fully saturated rings. The van der Waals surface area contributed by atoms with Crippen LogP contribution in [0.5, 0.6) is 0 Å². The first-order chi connectivity index (χ1) is 15.6. The first-order valence-electron chi connectivity index (χ1n) is 10.5. The van der Waals surface area contributed by atoms with Crippen molar-refractivity contribution in [2.45, 2.75) is 25.1 Å². The van der Waals surface area contributed by atoms with Gasteiger partial charge >= 0.3 is 0 Å². The van der Waals surface area contributed by atoms with Crippen molar-refractivity contribution >= 4 is 11.8 Å². The van der Waals surface area contributed by atoms with Crippen LogP contribution in [0.15, 0.2) is 85.1 Å². The van der Waals surface area contributed by atoms with E-state index >= 15 is 0 Å². The number of amides is 2. The highest BCUT2D eigenvalue weighted by molar-refractivity contribution is 5.87. The van der Waals surface area contributed by atoms with Crippen LogP contribution in [0.1, 0.15) is 22.9 Å². The van der Waals surface area contributed by atoms with E-state index in [1.165, 1.54) is 0 Å². The summed E-state index contributed by atoms with van der Waals surface area (Å²) in [7, 11) is 0. The second-order valence-corrected chi connectivity index (χ2v) is 7.38. The van der Waals surface area contributed by atoms with Crippen LogP contribution in [0, 0.1) is 0 Å². The fourth-order valence-corrected chi connectivity index (χ4v) is 3.16. The van der Waals surface area contributed by atoms with E-state index in [2.05, 4.69) is 15.6 Å². The highest BCUT2D eigenvalue weighted by Crippen LogP contribution is 2.17. The minimum atomic E-state index is -0.857. The van der Waals surface area contributed by atoms with Gasteiger partial charge in [-0.15, -0.1) is 0 Å². The van der Waals surface area contributed by atoms with Crippen molar-refractivity contribution < 1.29 is 14.3 Å². The molecule has 1 aromatic heterocycles. The lowest BCUT2D eigenvalue weighted by atomic mass is 10.0. The highest BCUT2D eigenvalue weighted by atomic mass is 16.5. The lowest BCUT2D eigenvalue weighted by Crippen LogP contribution is -2.47. The van der Waals surface area contributed by atoms with Crippen molar-refractivity contribution in [1.29, 1.82) is 0 Å². The van der Waals surface area contributed by atoms with E-state index in [-0.39, 0.29) is 25.1 Å². The number of rotatable bonds is 11. The zero-order valence-corrected chi connectivity index (χ0v) is 17.8. The Hall–Kier alpha value is -3.55. The van der Waals surface area contributed by atoms with Crippen LogP contribution >= 0.6 is 0 Å². The molecule has 1 heterocycles. The summed E-state index contributed by atoms with van der Waals surface area (Å²) in [6.07, 6.45) is 2.26. The van der Waals surface area contributed by atoms with E-state index in [0.29, 0.717) is 13.0 Å². The van der Waals surface area contributed by atoms with Crippen LogP contribution in [0.25, 0.3) is 0 Å². The van der Waals surface area contributed by atoms with Gasteiger partial charge in [0.25, 0.3) is 0 Å². The summed E-state index contributed by atoms with van der Waals surface area (Å²) in [5.41, 5.74) is 8.71. The van der Waals surface area contributed by atoms with Crippen LogP contribution in [0.4, 0.5) is 0 Å². The number of carbonyl (C=O) groups excluding carboxylic acids is 2. The van der Waals surface area contributed by atoms with Gasteiger partial charge in [-0.05, 0) is 23.3 Å². The molecule has 166 valence electrons. The van der Waals surface area contributed by atoms with Gasteiger partial charge in [0, 0.05) is 18.3 Å². The molecule has 0 aliphatic rings. The third kappa shape index (κ3) is 7.61. The van der Waals surface area contributed by atoms with E-state index in [1.807, 2.05) is 78.9 Å². The van der Waals surface area contributed by atoms with Crippen molar-refractivity contribution in [1.82, 2.24) is 15.6 Å². The van der Waals surface area contributed by atoms with E-state index in [4.69, 9.17) is 10.5 Å². The molecule has 2 atom stereocenters. The zero-order valence-electron chi connectivity index (χ0n) is 17.8. The van der Waals surface area contributed by atoms with Crippen LogP contribution in [0.2, 0.25) is 0 Å². The third-order valence-corrected chi connectivity index (χ3v) is 4.85. The Labute approximate surface area is 188 Å². The fraction of sp³-hybridized carbons (Fsp3) is 0.240. The molecule has 7 nitrogen and oxygen atoms in total. The number of hydrogen-bond acceptors (Lipinski definition) is 5. The van der Waals surface area contributed by atoms with Gasteiger partial charge in [0.2, 0.25) is 11.8 Å². The quantitative estimate of drug-likeness (QED) is 0.430. The number of nitrogens with two attached hydrogens (primary N) is 1. The predicted molar refractivity (Wildman–Crippen MR) is 122 cm³/mol. The molecule has 0 bridgehead atoms. The summed E-state index contributed by atoms with van der Waals surface area (Å²) < 4.78 is 5.50. The molecule has 3 rings (SSSR count). The van der Waals surface area contributed by atoms with Crippen molar-refractivity contribution in [3.05, 3.63) is 102 Å². The Morgan fingerprint density at radius 1 is 0.938 bits per heavy atom. The number of carbonyl (C=O) groups is 2. The van der Waals surface area contributed by atoms with Crippen molar-refractivity contribution in [3.8, 4) is 0 Å². The molecule has 7 heteroatoms. The van der Waals surface area contributed by atoms with Gasteiger partial charge in [-0.3, -0.25) is 14.6 Å². The molecule has 0 aliphatic carbocycles. The zero-order chi connectivity index (χ0) is 22.6. The van der Waals surface area contributed by atoms with Gasteiger partial charge in [-0.2, -0.15) is 0 Å². The molecule has 0 saturated carbocycles. The summed E-state index contributed by atoms with van der Waals surface area (Å²) in [5.74, 6) is -0.741. The van der Waals surface area contributed by atoms with Crippen LogP contribution in [0.3, 0.4) is 0 Å². The van der Waals surface area contributed by atoms with Gasteiger partial charge in [-0.25, -0.2) is 0 Å². The second kappa shape index (κ2) is 12.3. The SMILES string of the molecule is N[C@H](COCc1ccccc1)C(=O)NCC(=O)NC(Cc1ccccn1)c1ccccc1. The van der Waals surface area contributed by atoms with E-state index in [0.717, 1.165) is 16.8 Å². The molecule has 32 heavy (non-hydrogen) atoms. The molecular formula is C25H28N4O3. The molecule has 3 aromatic rings. The Kier molecular flexibility index (Phi) is 8.92. The Bertz CT molecular complexity index is 968. The normalized spacial score (nSPS) is 12.5.